The Morgan fingerprint density at radius 3 is 2.77 bits per heavy atom. The van der Waals surface area contributed by atoms with Crippen molar-refractivity contribution in [3.63, 3.8) is 0 Å². The summed E-state index contributed by atoms with van der Waals surface area (Å²) in [5.41, 5.74) is 4.79. The van der Waals surface area contributed by atoms with Gasteiger partial charge in [-0.3, -0.25) is 4.57 Å². The quantitative estimate of drug-likeness (QED) is 0.223. The molecule has 3 aromatic heterocycles. The second-order valence-corrected chi connectivity index (χ2v) is 9.50. The molecule has 1 aliphatic rings. The van der Waals surface area contributed by atoms with E-state index >= 15 is 0 Å². The minimum Gasteiger partial charge on any atom is -0.497 e. The van der Waals surface area contributed by atoms with E-state index in [2.05, 4.69) is 16.3 Å². The summed E-state index contributed by atoms with van der Waals surface area (Å²) in [7, 11) is 1.64. The van der Waals surface area contributed by atoms with Crippen molar-refractivity contribution < 1.29 is 13.6 Å². The number of hydrogen-bond donors (Lipinski definition) is 0. The number of ether oxygens (including phenoxy) is 1. The standard InChI is InChI=1S/C27H23N3O4S/c1-32-21-8-3-7-19(11-21)26-28-29-27(30(26)15-22-9-4-10-33-22)35-16-20-14-25(31)34-24-13-18-6-2-5-17(18)12-23(20)24/h3-4,7-14H,2,5-6,15-16H2,1H3. The highest BCUT2D eigenvalue weighted by Crippen LogP contribution is 2.33. The third kappa shape index (κ3) is 4.25. The lowest BCUT2D eigenvalue weighted by molar-refractivity contribution is 0.415. The van der Waals surface area contributed by atoms with Crippen molar-refractivity contribution in [3.8, 4) is 17.1 Å². The lowest BCUT2D eigenvalue weighted by atomic mass is 10.0. The van der Waals surface area contributed by atoms with Gasteiger partial charge < -0.3 is 13.6 Å². The van der Waals surface area contributed by atoms with E-state index in [-0.39, 0.29) is 5.63 Å². The number of fused-ring (bicyclic) bond motifs is 2. The maximum atomic E-state index is 12.3. The van der Waals surface area contributed by atoms with Gasteiger partial charge in [0.25, 0.3) is 0 Å². The lowest BCUT2D eigenvalue weighted by Gasteiger charge is -2.11. The molecule has 176 valence electrons. The van der Waals surface area contributed by atoms with Gasteiger partial charge in [0, 0.05) is 22.8 Å². The number of aromatic nitrogens is 3. The first-order valence-electron chi connectivity index (χ1n) is 11.5. The van der Waals surface area contributed by atoms with E-state index in [0.29, 0.717) is 17.9 Å². The van der Waals surface area contributed by atoms with E-state index in [1.54, 1.807) is 31.2 Å². The molecule has 0 amide bonds. The predicted molar refractivity (Wildman–Crippen MR) is 134 cm³/mol. The van der Waals surface area contributed by atoms with Crippen LogP contribution in [0.25, 0.3) is 22.4 Å². The third-order valence-electron chi connectivity index (χ3n) is 6.34. The molecule has 5 aromatic rings. The second kappa shape index (κ2) is 9.11. The monoisotopic (exact) mass is 485 g/mol. The number of aryl methyl sites for hydroxylation is 2. The number of benzene rings is 2. The van der Waals surface area contributed by atoms with Crippen molar-refractivity contribution in [1.29, 1.82) is 0 Å². The van der Waals surface area contributed by atoms with Gasteiger partial charge >= 0.3 is 5.63 Å². The Labute approximate surface area is 205 Å². The number of rotatable bonds is 7. The van der Waals surface area contributed by atoms with Crippen LogP contribution in [0, 0.1) is 0 Å². The molecule has 0 radical (unpaired) electrons. The average Bonchev–Trinajstić information content (AvgIpc) is 3.63. The zero-order valence-corrected chi connectivity index (χ0v) is 20.0. The van der Waals surface area contributed by atoms with Crippen molar-refractivity contribution in [2.24, 2.45) is 0 Å². The van der Waals surface area contributed by atoms with E-state index in [9.17, 15) is 4.79 Å². The lowest BCUT2D eigenvalue weighted by Crippen LogP contribution is -2.04. The number of furan rings is 1. The predicted octanol–water partition coefficient (Wildman–Crippen LogP) is 5.48. The summed E-state index contributed by atoms with van der Waals surface area (Å²) in [6.07, 6.45) is 4.91. The minimum absolute atomic E-state index is 0.333. The summed E-state index contributed by atoms with van der Waals surface area (Å²) in [6, 6.07) is 17.4. The summed E-state index contributed by atoms with van der Waals surface area (Å²) in [4.78, 5) is 12.3. The number of methoxy groups -OCH3 is 1. The highest BCUT2D eigenvalue weighted by molar-refractivity contribution is 7.98. The fraction of sp³-hybridized carbons (Fsp3) is 0.222. The van der Waals surface area contributed by atoms with Crippen molar-refractivity contribution in [3.05, 3.63) is 93.7 Å². The molecule has 35 heavy (non-hydrogen) atoms. The maximum Gasteiger partial charge on any atom is 0.336 e. The Bertz CT molecular complexity index is 1570. The molecule has 2 aromatic carbocycles. The molecule has 1 aliphatic carbocycles. The summed E-state index contributed by atoms with van der Waals surface area (Å²) in [6.45, 7) is 0.486. The molecule has 0 atom stereocenters. The molecule has 7 nitrogen and oxygen atoms in total. The summed E-state index contributed by atoms with van der Waals surface area (Å²) < 4.78 is 18.6. The number of nitrogens with zero attached hydrogens (tertiary/aromatic N) is 3. The summed E-state index contributed by atoms with van der Waals surface area (Å²) in [5.74, 6) is 2.84. The van der Waals surface area contributed by atoms with Crippen LogP contribution in [0.1, 0.15) is 28.9 Å². The van der Waals surface area contributed by atoms with Gasteiger partial charge in [-0.05, 0) is 72.4 Å². The van der Waals surface area contributed by atoms with Gasteiger partial charge in [0.2, 0.25) is 0 Å². The molecule has 6 rings (SSSR count). The molecule has 0 unspecified atom stereocenters. The Morgan fingerprint density at radius 2 is 1.94 bits per heavy atom. The van der Waals surface area contributed by atoms with Gasteiger partial charge in [-0.15, -0.1) is 10.2 Å². The van der Waals surface area contributed by atoms with Crippen LogP contribution in [0.4, 0.5) is 0 Å². The van der Waals surface area contributed by atoms with Crippen LogP contribution < -0.4 is 10.4 Å². The molecule has 0 bridgehead atoms. The molecule has 0 saturated carbocycles. The summed E-state index contributed by atoms with van der Waals surface area (Å²) >= 11 is 1.54. The topological polar surface area (TPSA) is 83.3 Å². The van der Waals surface area contributed by atoms with Crippen molar-refractivity contribution >= 4 is 22.7 Å². The number of hydrogen-bond acceptors (Lipinski definition) is 7. The van der Waals surface area contributed by atoms with Crippen LogP contribution in [0.2, 0.25) is 0 Å². The van der Waals surface area contributed by atoms with Crippen LogP contribution >= 0.6 is 11.8 Å². The van der Waals surface area contributed by atoms with Gasteiger partial charge in [0.15, 0.2) is 11.0 Å². The van der Waals surface area contributed by atoms with Gasteiger partial charge in [0.1, 0.15) is 17.1 Å². The van der Waals surface area contributed by atoms with Gasteiger partial charge in [-0.1, -0.05) is 23.9 Å². The first-order chi connectivity index (χ1) is 17.2. The van der Waals surface area contributed by atoms with Crippen LogP contribution in [-0.2, 0) is 25.1 Å². The van der Waals surface area contributed by atoms with E-state index in [1.165, 1.54) is 11.1 Å². The van der Waals surface area contributed by atoms with Gasteiger partial charge in [0.05, 0.1) is 19.9 Å². The van der Waals surface area contributed by atoms with Crippen LogP contribution in [0.3, 0.4) is 0 Å². The van der Waals surface area contributed by atoms with Crippen molar-refractivity contribution in [2.75, 3.05) is 7.11 Å². The Morgan fingerprint density at radius 1 is 1.06 bits per heavy atom. The molecule has 0 fully saturated rings. The molecule has 3 heterocycles. The van der Waals surface area contributed by atoms with Gasteiger partial charge in [-0.2, -0.15) is 0 Å². The van der Waals surface area contributed by atoms with E-state index in [0.717, 1.165) is 58.3 Å². The van der Waals surface area contributed by atoms with E-state index in [1.807, 2.05) is 47.0 Å². The van der Waals surface area contributed by atoms with E-state index < -0.39 is 0 Å². The smallest absolute Gasteiger partial charge is 0.336 e. The van der Waals surface area contributed by atoms with Crippen molar-refractivity contribution in [2.45, 2.75) is 36.7 Å². The normalized spacial score (nSPS) is 12.8. The van der Waals surface area contributed by atoms with E-state index in [4.69, 9.17) is 13.6 Å². The number of thioether (sulfide) groups is 1. The largest absolute Gasteiger partial charge is 0.497 e. The molecule has 8 heteroatoms. The minimum atomic E-state index is -0.333. The molecule has 0 aliphatic heterocycles. The molecular weight excluding hydrogens is 462 g/mol. The molecule has 0 saturated heterocycles. The van der Waals surface area contributed by atoms with Crippen molar-refractivity contribution in [1.82, 2.24) is 14.8 Å². The SMILES string of the molecule is COc1cccc(-c2nnc(SCc3cc(=O)oc4cc5c(cc34)CCC5)n2Cc2ccco2)c1. The highest BCUT2D eigenvalue weighted by Gasteiger charge is 2.19. The highest BCUT2D eigenvalue weighted by atomic mass is 32.2. The first kappa shape index (κ1) is 21.7. The zero-order valence-electron chi connectivity index (χ0n) is 19.2. The Balaban J connectivity index is 1.37. The Kier molecular flexibility index (Phi) is 5.66. The fourth-order valence-electron chi connectivity index (χ4n) is 4.63. The Hall–Kier alpha value is -3.78. The van der Waals surface area contributed by atoms with Crippen LogP contribution in [0.5, 0.6) is 5.75 Å². The van der Waals surface area contributed by atoms with Crippen LogP contribution in [0.15, 0.2) is 79.6 Å². The van der Waals surface area contributed by atoms with Gasteiger partial charge in [-0.25, -0.2) is 4.79 Å². The third-order valence-corrected chi connectivity index (χ3v) is 7.35. The fourth-order valence-corrected chi connectivity index (χ4v) is 5.56. The first-order valence-corrected chi connectivity index (χ1v) is 12.5. The maximum absolute atomic E-state index is 12.3. The molecular formula is C27H23N3O4S. The van der Waals surface area contributed by atoms with Crippen LogP contribution in [-0.4, -0.2) is 21.9 Å². The molecule has 0 spiro atoms. The average molecular weight is 486 g/mol. The second-order valence-electron chi connectivity index (χ2n) is 8.55. The summed E-state index contributed by atoms with van der Waals surface area (Å²) in [5, 5.41) is 10.7. The zero-order chi connectivity index (χ0) is 23.8. The molecule has 0 N–H and O–H groups in total.